The van der Waals surface area contributed by atoms with Crippen LogP contribution in [-0.2, 0) is 0 Å². The van der Waals surface area contributed by atoms with Crippen molar-refractivity contribution in [3.63, 3.8) is 0 Å². The molecule has 0 aliphatic heterocycles. The molecule has 1 aliphatic carbocycles. The molecule has 0 amide bonds. The molecule has 1 aromatic heterocycles. The zero-order valence-corrected chi connectivity index (χ0v) is 10.8. The van der Waals surface area contributed by atoms with Gasteiger partial charge in [-0.2, -0.15) is 11.8 Å². The van der Waals surface area contributed by atoms with Crippen molar-refractivity contribution < 1.29 is 0 Å². The third-order valence-corrected chi connectivity index (χ3v) is 5.00. The van der Waals surface area contributed by atoms with Crippen molar-refractivity contribution in [1.82, 2.24) is 4.98 Å². The molecule has 1 aliphatic rings. The summed E-state index contributed by atoms with van der Waals surface area (Å²) in [6, 6.07) is 4.59. The highest BCUT2D eigenvalue weighted by Crippen LogP contribution is 2.39. The van der Waals surface area contributed by atoms with Crippen LogP contribution in [0.1, 0.15) is 31.2 Å². The Morgan fingerprint density at radius 2 is 2.00 bits per heavy atom. The molecule has 0 unspecified atom stereocenters. The van der Waals surface area contributed by atoms with Crippen molar-refractivity contribution >= 4 is 11.8 Å². The van der Waals surface area contributed by atoms with Crippen molar-refractivity contribution in [1.29, 1.82) is 0 Å². The lowest BCUT2D eigenvalue weighted by Crippen LogP contribution is -2.42. The second-order valence-electron chi connectivity index (χ2n) is 4.79. The number of hydrogen-bond acceptors (Lipinski definition) is 3. The van der Waals surface area contributed by atoms with Crippen LogP contribution in [0.3, 0.4) is 0 Å². The van der Waals surface area contributed by atoms with E-state index in [0.717, 1.165) is 6.42 Å². The van der Waals surface area contributed by atoms with Crippen molar-refractivity contribution in [2.75, 3.05) is 6.26 Å². The van der Waals surface area contributed by atoms with E-state index in [9.17, 15) is 0 Å². The summed E-state index contributed by atoms with van der Waals surface area (Å²) in [4.78, 5) is 4.07. The Bertz CT molecular complexity index is 316. The summed E-state index contributed by atoms with van der Waals surface area (Å²) in [5.41, 5.74) is 7.67. The molecule has 88 valence electrons. The molecule has 2 rings (SSSR count). The number of thioether (sulfide) groups is 1. The second kappa shape index (κ2) is 5.19. The fourth-order valence-electron chi connectivity index (χ4n) is 2.88. The first-order valence-electron chi connectivity index (χ1n) is 5.90. The average molecular weight is 236 g/mol. The highest BCUT2D eigenvalue weighted by Gasteiger charge is 2.33. The molecule has 1 fully saturated rings. The highest BCUT2D eigenvalue weighted by atomic mass is 32.2. The van der Waals surface area contributed by atoms with Gasteiger partial charge in [-0.05, 0) is 48.6 Å². The minimum Gasteiger partial charge on any atom is -0.327 e. The average Bonchev–Trinajstić information content (AvgIpc) is 2.30. The first-order chi connectivity index (χ1) is 7.72. The summed E-state index contributed by atoms with van der Waals surface area (Å²) in [6.07, 6.45) is 8.30. The van der Waals surface area contributed by atoms with Gasteiger partial charge in [-0.15, -0.1) is 0 Å². The minimum atomic E-state index is 0.330. The third kappa shape index (κ3) is 2.41. The van der Waals surface area contributed by atoms with E-state index in [4.69, 9.17) is 5.73 Å². The SMILES string of the molecule is CS[C@H]1[C@H](N)C[C@H](c2ccncc2)C[C@@H]1C. The first-order valence-corrected chi connectivity index (χ1v) is 7.19. The Morgan fingerprint density at radius 1 is 1.31 bits per heavy atom. The quantitative estimate of drug-likeness (QED) is 0.858. The molecule has 0 radical (unpaired) electrons. The summed E-state index contributed by atoms with van der Waals surface area (Å²) in [6.45, 7) is 2.33. The number of nitrogens with zero attached hydrogens (tertiary/aromatic N) is 1. The molecule has 2 nitrogen and oxygen atoms in total. The molecule has 4 atom stereocenters. The zero-order chi connectivity index (χ0) is 11.5. The maximum absolute atomic E-state index is 6.27. The number of pyridine rings is 1. The molecule has 1 heterocycles. The van der Waals surface area contributed by atoms with Gasteiger partial charge in [0.15, 0.2) is 0 Å². The molecule has 0 saturated heterocycles. The lowest BCUT2D eigenvalue weighted by atomic mass is 9.76. The van der Waals surface area contributed by atoms with Crippen LogP contribution in [0.5, 0.6) is 0 Å². The Balaban J connectivity index is 2.10. The standard InChI is InChI=1S/C13H20N2S/c1-9-7-11(8-12(14)13(9)16-2)10-3-5-15-6-4-10/h3-6,9,11-13H,7-8,14H2,1-2H3/t9-,11+,12+,13+/m0/s1. The molecule has 1 saturated carbocycles. The van der Waals surface area contributed by atoms with Gasteiger partial charge in [0.05, 0.1) is 0 Å². The number of aromatic nitrogens is 1. The van der Waals surface area contributed by atoms with Gasteiger partial charge in [0.2, 0.25) is 0 Å². The van der Waals surface area contributed by atoms with E-state index < -0.39 is 0 Å². The van der Waals surface area contributed by atoms with Crippen LogP contribution in [0.15, 0.2) is 24.5 Å². The van der Waals surface area contributed by atoms with Crippen LogP contribution in [-0.4, -0.2) is 22.5 Å². The molecular weight excluding hydrogens is 216 g/mol. The largest absolute Gasteiger partial charge is 0.327 e. The van der Waals surface area contributed by atoms with Crippen molar-refractivity contribution in [2.45, 2.75) is 37.0 Å². The van der Waals surface area contributed by atoms with Gasteiger partial charge >= 0.3 is 0 Å². The van der Waals surface area contributed by atoms with E-state index in [1.54, 1.807) is 0 Å². The van der Waals surface area contributed by atoms with Crippen LogP contribution >= 0.6 is 11.8 Å². The van der Waals surface area contributed by atoms with Gasteiger partial charge in [-0.25, -0.2) is 0 Å². The van der Waals surface area contributed by atoms with Gasteiger partial charge in [-0.1, -0.05) is 6.92 Å². The molecular formula is C13H20N2S. The number of hydrogen-bond donors (Lipinski definition) is 1. The van der Waals surface area contributed by atoms with E-state index in [2.05, 4.69) is 30.3 Å². The van der Waals surface area contributed by atoms with E-state index in [1.807, 2.05) is 24.2 Å². The van der Waals surface area contributed by atoms with Gasteiger partial charge in [0.25, 0.3) is 0 Å². The lowest BCUT2D eigenvalue weighted by molar-refractivity contribution is 0.319. The molecule has 16 heavy (non-hydrogen) atoms. The second-order valence-corrected chi connectivity index (χ2v) is 5.81. The summed E-state index contributed by atoms with van der Waals surface area (Å²) < 4.78 is 0. The fraction of sp³-hybridized carbons (Fsp3) is 0.615. The van der Waals surface area contributed by atoms with Crippen molar-refractivity contribution in [3.05, 3.63) is 30.1 Å². The van der Waals surface area contributed by atoms with E-state index in [1.165, 1.54) is 12.0 Å². The molecule has 3 heteroatoms. The molecule has 0 aromatic carbocycles. The monoisotopic (exact) mass is 236 g/mol. The maximum atomic E-state index is 6.27. The lowest BCUT2D eigenvalue weighted by Gasteiger charge is -2.38. The summed E-state index contributed by atoms with van der Waals surface area (Å²) in [5.74, 6) is 1.33. The van der Waals surface area contributed by atoms with Crippen molar-refractivity contribution in [3.8, 4) is 0 Å². The summed E-state index contributed by atoms with van der Waals surface area (Å²) >= 11 is 1.92. The molecule has 1 aromatic rings. The molecule has 0 bridgehead atoms. The molecule has 0 spiro atoms. The van der Waals surface area contributed by atoms with Crippen LogP contribution in [0.2, 0.25) is 0 Å². The first kappa shape index (κ1) is 11.9. The Morgan fingerprint density at radius 3 is 2.56 bits per heavy atom. The van der Waals surface area contributed by atoms with E-state index in [0.29, 0.717) is 23.1 Å². The zero-order valence-electron chi connectivity index (χ0n) is 9.97. The topological polar surface area (TPSA) is 38.9 Å². The molecule has 2 N–H and O–H groups in total. The normalized spacial score (nSPS) is 34.9. The Labute approximate surface area is 102 Å². The third-order valence-electron chi connectivity index (χ3n) is 3.65. The Hall–Kier alpha value is -0.540. The number of nitrogens with two attached hydrogens (primary N) is 1. The summed E-state index contributed by atoms with van der Waals surface area (Å²) in [5, 5.41) is 0.623. The van der Waals surface area contributed by atoms with Crippen molar-refractivity contribution in [2.24, 2.45) is 11.7 Å². The van der Waals surface area contributed by atoms with E-state index >= 15 is 0 Å². The van der Waals surface area contributed by atoms with Gasteiger partial charge in [0, 0.05) is 23.7 Å². The minimum absolute atomic E-state index is 0.330. The smallest absolute Gasteiger partial charge is 0.0270 e. The van der Waals surface area contributed by atoms with E-state index in [-0.39, 0.29) is 0 Å². The Kier molecular flexibility index (Phi) is 3.87. The predicted octanol–water partition coefficient (Wildman–Crippen LogP) is 2.65. The van der Waals surface area contributed by atoms with Crippen LogP contribution < -0.4 is 5.73 Å². The summed E-state index contributed by atoms with van der Waals surface area (Å²) in [7, 11) is 0. The fourth-order valence-corrected chi connectivity index (χ4v) is 3.92. The van der Waals surface area contributed by atoms with Gasteiger partial charge < -0.3 is 5.73 Å². The van der Waals surface area contributed by atoms with Crippen LogP contribution in [0, 0.1) is 5.92 Å². The van der Waals surface area contributed by atoms with Gasteiger partial charge in [0.1, 0.15) is 0 Å². The maximum Gasteiger partial charge on any atom is 0.0270 e. The van der Waals surface area contributed by atoms with Crippen LogP contribution in [0.4, 0.5) is 0 Å². The highest BCUT2D eigenvalue weighted by molar-refractivity contribution is 7.99. The predicted molar refractivity (Wildman–Crippen MR) is 70.7 cm³/mol. The van der Waals surface area contributed by atoms with Crippen LogP contribution in [0.25, 0.3) is 0 Å². The number of rotatable bonds is 2. The van der Waals surface area contributed by atoms with Gasteiger partial charge in [-0.3, -0.25) is 4.98 Å².